The van der Waals surface area contributed by atoms with Crippen molar-refractivity contribution in [1.82, 2.24) is 9.80 Å². The van der Waals surface area contributed by atoms with Crippen molar-refractivity contribution in [2.75, 3.05) is 14.1 Å². The van der Waals surface area contributed by atoms with Gasteiger partial charge in [0.25, 0.3) is 29.0 Å². The summed E-state index contributed by atoms with van der Waals surface area (Å²) in [6, 6.07) is 20.0. The molecule has 6 heteroatoms. The van der Waals surface area contributed by atoms with Crippen LogP contribution < -0.4 is 0 Å². The monoisotopic (exact) mass is 360 g/mol. The zero-order chi connectivity index (χ0) is 19.6. The van der Waals surface area contributed by atoms with Crippen molar-refractivity contribution < 1.29 is 19.2 Å². The Balaban J connectivity index is 0.000000156. The minimum atomic E-state index is -1.98. The van der Waals surface area contributed by atoms with Gasteiger partial charge in [0.1, 0.15) is 0 Å². The minimum Gasteiger partial charge on any atom is -0.282 e. The Kier molecular flexibility index (Phi) is 4.61. The van der Waals surface area contributed by atoms with Crippen molar-refractivity contribution in [2.45, 2.75) is 0 Å². The van der Waals surface area contributed by atoms with E-state index in [-0.39, 0.29) is 0 Å². The predicted molar refractivity (Wildman–Crippen MR) is 96.9 cm³/mol. The van der Waals surface area contributed by atoms with Gasteiger partial charge < -0.3 is 0 Å². The SMILES string of the molecule is C(#Cc1ccccc1)c1ccccc1.CN1C(=O)C2(C1=O)C(=O)N(C)C2=O. The lowest BCUT2D eigenvalue weighted by molar-refractivity contribution is -0.196. The fourth-order valence-electron chi connectivity index (χ4n) is 2.82. The molecule has 0 unspecified atom stereocenters. The molecule has 2 aromatic rings. The maximum atomic E-state index is 11.2. The Morgan fingerprint density at radius 1 is 0.593 bits per heavy atom. The molecule has 2 heterocycles. The van der Waals surface area contributed by atoms with Crippen LogP contribution in [0, 0.1) is 17.3 Å². The molecule has 4 rings (SSSR count). The summed E-state index contributed by atoms with van der Waals surface area (Å²) >= 11 is 0. The summed E-state index contributed by atoms with van der Waals surface area (Å²) in [5.41, 5.74) is 0.122. The van der Waals surface area contributed by atoms with Gasteiger partial charge in [0, 0.05) is 25.2 Å². The highest BCUT2D eigenvalue weighted by Crippen LogP contribution is 2.42. The molecule has 0 saturated carbocycles. The number of hydrogen-bond acceptors (Lipinski definition) is 4. The molecule has 0 bridgehead atoms. The van der Waals surface area contributed by atoms with Gasteiger partial charge in [0.15, 0.2) is 0 Å². The molecule has 0 radical (unpaired) electrons. The van der Waals surface area contributed by atoms with Crippen LogP contribution in [0.1, 0.15) is 11.1 Å². The smallest absolute Gasteiger partial charge is 0.282 e. The lowest BCUT2D eigenvalue weighted by Crippen LogP contribution is -2.82. The zero-order valence-electron chi connectivity index (χ0n) is 14.8. The molecule has 27 heavy (non-hydrogen) atoms. The van der Waals surface area contributed by atoms with E-state index in [4.69, 9.17) is 0 Å². The molecule has 2 aliphatic heterocycles. The van der Waals surface area contributed by atoms with E-state index in [9.17, 15) is 19.2 Å². The Hall–Kier alpha value is -3.72. The van der Waals surface area contributed by atoms with Crippen LogP contribution in [0.5, 0.6) is 0 Å². The summed E-state index contributed by atoms with van der Waals surface area (Å²) in [5.74, 6) is 3.35. The first kappa shape index (κ1) is 18.1. The molecule has 0 aromatic heterocycles. The van der Waals surface area contributed by atoms with Crippen molar-refractivity contribution >= 4 is 23.6 Å². The van der Waals surface area contributed by atoms with Gasteiger partial charge in [-0.3, -0.25) is 29.0 Å². The Labute approximate surface area is 156 Å². The first-order valence-electron chi connectivity index (χ1n) is 8.18. The summed E-state index contributed by atoms with van der Waals surface area (Å²) in [5, 5.41) is 0. The number of carbonyl (C=O) groups excluding carboxylic acids is 4. The molecule has 0 atom stereocenters. The summed E-state index contributed by atoms with van der Waals surface area (Å²) in [6.45, 7) is 0. The van der Waals surface area contributed by atoms with Crippen LogP contribution in [-0.4, -0.2) is 47.5 Å². The van der Waals surface area contributed by atoms with Gasteiger partial charge in [0.05, 0.1) is 0 Å². The molecule has 4 amide bonds. The molecule has 0 N–H and O–H groups in total. The second kappa shape index (κ2) is 6.89. The zero-order valence-corrected chi connectivity index (χ0v) is 14.8. The highest BCUT2D eigenvalue weighted by Gasteiger charge is 2.78. The van der Waals surface area contributed by atoms with E-state index in [1.807, 2.05) is 60.7 Å². The number of nitrogens with zero attached hydrogens (tertiary/aromatic N) is 2. The standard InChI is InChI=1S/C14H10.C7H6N2O4/c1-3-7-13(8-4-1)11-12-14-9-5-2-6-10-14;1-8-3(10)7(4(8)11)5(12)9(2)6(7)13/h1-10H;1-2H3. The number of benzene rings is 2. The summed E-state index contributed by atoms with van der Waals surface area (Å²) in [6.07, 6.45) is 0. The maximum Gasteiger partial charge on any atom is 0.284 e. The molecule has 6 nitrogen and oxygen atoms in total. The average Bonchev–Trinajstić information content (AvgIpc) is 2.73. The van der Waals surface area contributed by atoms with E-state index in [2.05, 4.69) is 11.8 Å². The molecule has 0 aliphatic carbocycles. The maximum absolute atomic E-state index is 11.2. The first-order valence-corrected chi connectivity index (χ1v) is 8.18. The molecule has 1 spiro atoms. The summed E-state index contributed by atoms with van der Waals surface area (Å²) in [7, 11) is 2.49. The van der Waals surface area contributed by atoms with Gasteiger partial charge in [-0.1, -0.05) is 48.2 Å². The Morgan fingerprint density at radius 3 is 1.19 bits per heavy atom. The van der Waals surface area contributed by atoms with Gasteiger partial charge in [0.2, 0.25) is 0 Å². The van der Waals surface area contributed by atoms with Crippen LogP contribution in [0.3, 0.4) is 0 Å². The van der Waals surface area contributed by atoms with E-state index in [0.29, 0.717) is 0 Å². The number of likely N-dealkylation sites (tertiary alicyclic amines) is 2. The third-order valence-electron chi connectivity index (χ3n) is 4.40. The van der Waals surface area contributed by atoms with Crippen molar-refractivity contribution in [3.8, 4) is 11.8 Å². The number of hydrogen-bond donors (Lipinski definition) is 0. The quantitative estimate of drug-likeness (QED) is 0.400. The van der Waals surface area contributed by atoms with E-state index in [1.54, 1.807) is 0 Å². The van der Waals surface area contributed by atoms with Gasteiger partial charge in [-0.25, -0.2) is 0 Å². The van der Waals surface area contributed by atoms with Crippen molar-refractivity contribution in [3.05, 3.63) is 71.8 Å². The third-order valence-corrected chi connectivity index (χ3v) is 4.40. The molecule has 134 valence electrons. The Morgan fingerprint density at radius 2 is 0.889 bits per heavy atom. The van der Waals surface area contributed by atoms with Crippen molar-refractivity contribution in [3.63, 3.8) is 0 Å². The van der Waals surface area contributed by atoms with E-state index in [0.717, 1.165) is 20.9 Å². The van der Waals surface area contributed by atoms with Crippen molar-refractivity contribution in [1.29, 1.82) is 0 Å². The second-order valence-electron chi connectivity index (χ2n) is 6.07. The molecule has 2 saturated heterocycles. The molecular formula is C21H16N2O4. The lowest BCUT2D eigenvalue weighted by Gasteiger charge is -2.50. The summed E-state index contributed by atoms with van der Waals surface area (Å²) in [4.78, 5) is 46.3. The average molecular weight is 360 g/mol. The van der Waals surface area contributed by atoms with Gasteiger partial charge in [-0.15, -0.1) is 0 Å². The van der Waals surface area contributed by atoms with Crippen LogP contribution in [-0.2, 0) is 19.2 Å². The number of carbonyl (C=O) groups is 4. The third kappa shape index (κ3) is 2.79. The normalized spacial score (nSPS) is 16.7. The lowest BCUT2D eigenvalue weighted by atomic mass is 9.69. The minimum absolute atomic E-state index is 0.717. The van der Waals surface area contributed by atoms with E-state index in [1.165, 1.54) is 14.1 Å². The second-order valence-corrected chi connectivity index (χ2v) is 6.07. The number of rotatable bonds is 0. The fraction of sp³-hybridized carbons (Fsp3) is 0.143. The summed E-state index contributed by atoms with van der Waals surface area (Å²) < 4.78 is 0. The number of imide groups is 2. The number of β-lactam (4-membered cyclic amide) rings is 4. The van der Waals surface area contributed by atoms with Crippen LogP contribution in [0.15, 0.2) is 60.7 Å². The highest BCUT2D eigenvalue weighted by atomic mass is 16.2. The molecule has 2 fully saturated rings. The van der Waals surface area contributed by atoms with Crippen molar-refractivity contribution in [2.24, 2.45) is 5.41 Å². The first-order chi connectivity index (χ1) is 12.9. The Bertz CT molecular complexity index is 872. The molecule has 2 aliphatic rings. The van der Waals surface area contributed by atoms with Crippen LogP contribution in [0.2, 0.25) is 0 Å². The van der Waals surface area contributed by atoms with Crippen LogP contribution >= 0.6 is 0 Å². The van der Waals surface area contributed by atoms with E-state index < -0.39 is 29.0 Å². The fourth-order valence-corrected chi connectivity index (χ4v) is 2.82. The van der Waals surface area contributed by atoms with E-state index >= 15 is 0 Å². The van der Waals surface area contributed by atoms with Crippen LogP contribution in [0.25, 0.3) is 0 Å². The van der Waals surface area contributed by atoms with Gasteiger partial charge in [-0.2, -0.15) is 0 Å². The van der Waals surface area contributed by atoms with Gasteiger partial charge >= 0.3 is 0 Å². The largest absolute Gasteiger partial charge is 0.284 e. The number of amides is 4. The highest BCUT2D eigenvalue weighted by molar-refractivity contribution is 6.52. The topological polar surface area (TPSA) is 74.8 Å². The van der Waals surface area contributed by atoms with Gasteiger partial charge in [-0.05, 0) is 24.3 Å². The predicted octanol–water partition coefficient (Wildman–Crippen LogP) is 1.06. The molecular weight excluding hydrogens is 344 g/mol. The van der Waals surface area contributed by atoms with Crippen LogP contribution in [0.4, 0.5) is 0 Å². The molecule has 2 aromatic carbocycles.